The molecule has 2 amide bonds. The van der Waals surface area contributed by atoms with Crippen LogP contribution in [0.3, 0.4) is 0 Å². The summed E-state index contributed by atoms with van der Waals surface area (Å²) in [6.45, 7) is 1.52. The lowest BCUT2D eigenvalue weighted by atomic mass is 10.1. The SMILES string of the molecule is O=C(C[C@H]1[NH2+]CCN(CCO)C1=O)Nc1cc(Cl)cc(Cl)c1. The Labute approximate surface area is 138 Å². The molecular weight excluding hydrogens is 329 g/mol. The van der Waals surface area contributed by atoms with Crippen molar-refractivity contribution in [2.24, 2.45) is 0 Å². The molecule has 0 aliphatic carbocycles. The second-order valence-corrected chi connectivity index (χ2v) is 5.96. The zero-order valence-electron chi connectivity index (χ0n) is 11.9. The maximum atomic E-state index is 12.2. The van der Waals surface area contributed by atoms with E-state index in [0.717, 1.165) is 0 Å². The van der Waals surface area contributed by atoms with Gasteiger partial charge in [-0.2, -0.15) is 0 Å². The zero-order chi connectivity index (χ0) is 16.1. The third-order valence-electron chi connectivity index (χ3n) is 3.40. The molecule has 6 nitrogen and oxygen atoms in total. The minimum absolute atomic E-state index is 0.0604. The lowest BCUT2D eigenvalue weighted by molar-refractivity contribution is -0.681. The molecule has 0 aromatic heterocycles. The van der Waals surface area contributed by atoms with Gasteiger partial charge in [-0.15, -0.1) is 0 Å². The van der Waals surface area contributed by atoms with Crippen molar-refractivity contribution < 1.29 is 20.0 Å². The molecule has 1 aromatic carbocycles. The quantitative estimate of drug-likeness (QED) is 0.706. The maximum Gasteiger partial charge on any atom is 0.281 e. The number of aliphatic hydroxyl groups is 1. The van der Waals surface area contributed by atoms with E-state index < -0.39 is 6.04 Å². The van der Waals surface area contributed by atoms with E-state index in [1.165, 1.54) is 0 Å². The Bertz CT molecular complexity index is 546. The minimum atomic E-state index is -0.463. The number of nitrogens with zero attached hydrogens (tertiary/aromatic N) is 1. The van der Waals surface area contributed by atoms with Gasteiger partial charge in [0.1, 0.15) is 0 Å². The number of quaternary nitrogens is 1. The van der Waals surface area contributed by atoms with Crippen LogP contribution in [0.25, 0.3) is 0 Å². The van der Waals surface area contributed by atoms with Crippen molar-refractivity contribution in [2.45, 2.75) is 12.5 Å². The van der Waals surface area contributed by atoms with Gasteiger partial charge in [0.15, 0.2) is 6.04 Å². The lowest BCUT2D eigenvalue weighted by Gasteiger charge is -2.29. The van der Waals surface area contributed by atoms with Gasteiger partial charge in [0.05, 0.1) is 26.1 Å². The summed E-state index contributed by atoms with van der Waals surface area (Å²) in [7, 11) is 0. The monoisotopic (exact) mass is 346 g/mol. The summed E-state index contributed by atoms with van der Waals surface area (Å²) in [6, 6.07) is 4.30. The van der Waals surface area contributed by atoms with Gasteiger partial charge in [-0.1, -0.05) is 23.2 Å². The summed E-state index contributed by atoms with van der Waals surface area (Å²) in [5, 5.41) is 14.3. The molecule has 4 N–H and O–H groups in total. The van der Waals surface area contributed by atoms with Crippen LogP contribution in [0.2, 0.25) is 10.0 Å². The second-order valence-electron chi connectivity index (χ2n) is 5.09. The van der Waals surface area contributed by atoms with Crippen molar-refractivity contribution in [3.63, 3.8) is 0 Å². The average molecular weight is 347 g/mol. The molecule has 1 aromatic rings. The fraction of sp³-hybridized carbons (Fsp3) is 0.429. The Morgan fingerprint density at radius 2 is 2.05 bits per heavy atom. The summed E-state index contributed by atoms with van der Waals surface area (Å²) in [5.74, 6) is -0.404. The van der Waals surface area contributed by atoms with Crippen molar-refractivity contribution >= 4 is 40.7 Å². The van der Waals surface area contributed by atoms with Crippen molar-refractivity contribution in [1.29, 1.82) is 0 Å². The Hall–Kier alpha value is -1.34. The number of benzene rings is 1. The zero-order valence-corrected chi connectivity index (χ0v) is 13.4. The Kier molecular flexibility index (Phi) is 6.02. The number of nitrogens with one attached hydrogen (secondary N) is 1. The molecule has 0 unspecified atom stereocenters. The van der Waals surface area contributed by atoms with Crippen molar-refractivity contribution in [3.8, 4) is 0 Å². The topological polar surface area (TPSA) is 86.2 Å². The van der Waals surface area contributed by atoms with E-state index in [4.69, 9.17) is 28.3 Å². The van der Waals surface area contributed by atoms with E-state index in [9.17, 15) is 9.59 Å². The number of piperazine rings is 1. The predicted molar refractivity (Wildman–Crippen MR) is 84.0 cm³/mol. The number of carbonyl (C=O) groups excluding carboxylic acids is 2. The van der Waals surface area contributed by atoms with Gasteiger partial charge in [-0.05, 0) is 18.2 Å². The van der Waals surface area contributed by atoms with E-state index in [1.54, 1.807) is 23.1 Å². The van der Waals surface area contributed by atoms with Gasteiger partial charge in [0.2, 0.25) is 5.91 Å². The molecule has 1 fully saturated rings. The van der Waals surface area contributed by atoms with Crippen molar-refractivity contribution in [3.05, 3.63) is 28.2 Å². The van der Waals surface area contributed by atoms with E-state index in [-0.39, 0.29) is 24.8 Å². The van der Waals surface area contributed by atoms with Gasteiger partial charge in [0.25, 0.3) is 5.91 Å². The molecule has 1 aliphatic rings. The highest BCUT2D eigenvalue weighted by atomic mass is 35.5. The molecule has 120 valence electrons. The number of carbonyl (C=O) groups is 2. The average Bonchev–Trinajstić information content (AvgIpc) is 2.42. The highest BCUT2D eigenvalue weighted by Crippen LogP contribution is 2.22. The van der Waals surface area contributed by atoms with Crippen LogP contribution in [0.5, 0.6) is 0 Å². The van der Waals surface area contributed by atoms with Crippen LogP contribution in [0.1, 0.15) is 6.42 Å². The van der Waals surface area contributed by atoms with Crippen LogP contribution in [0.15, 0.2) is 18.2 Å². The van der Waals surface area contributed by atoms with Crippen LogP contribution < -0.4 is 10.6 Å². The van der Waals surface area contributed by atoms with Crippen LogP contribution in [0.4, 0.5) is 5.69 Å². The summed E-state index contributed by atoms with van der Waals surface area (Å²) in [6.07, 6.45) is 0.0604. The number of hydrogen-bond acceptors (Lipinski definition) is 3. The highest BCUT2D eigenvalue weighted by Gasteiger charge is 2.33. The first kappa shape index (κ1) is 17.0. The Balaban J connectivity index is 1.95. The van der Waals surface area contributed by atoms with Crippen LogP contribution in [-0.4, -0.2) is 54.1 Å². The van der Waals surface area contributed by atoms with E-state index in [1.807, 2.05) is 5.32 Å². The van der Waals surface area contributed by atoms with Gasteiger partial charge in [0, 0.05) is 22.3 Å². The number of aliphatic hydroxyl groups excluding tert-OH is 1. The molecule has 1 atom stereocenters. The minimum Gasteiger partial charge on any atom is -0.395 e. The highest BCUT2D eigenvalue weighted by molar-refractivity contribution is 6.35. The third-order valence-corrected chi connectivity index (χ3v) is 3.84. The maximum absolute atomic E-state index is 12.2. The van der Waals surface area contributed by atoms with Crippen molar-refractivity contribution in [2.75, 3.05) is 31.6 Å². The number of anilines is 1. The molecule has 0 spiro atoms. The van der Waals surface area contributed by atoms with Crippen LogP contribution >= 0.6 is 23.2 Å². The fourth-order valence-electron chi connectivity index (χ4n) is 2.43. The smallest absolute Gasteiger partial charge is 0.281 e. The molecule has 1 heterocycles. The van der Waals surface area contributed by atoms with Crippen LogP contribution in [0, 0.1) is 0 Å². The summed E-state index contributed by atoms with van der Waals surface area (Å²) < 4.78 is 0. The molecule has 1 saturated heterocycles. The molecule has 0 bridgehead atoms. The summed E-state index contributed by atoms with van der Waals surface area (Å²) in [4.78, 5) is 25.8. The number of halogens is 2. The first-order valence-electron chi connectivity index (χ1n) is 6.98. The third kappa shape index (κ3) is 4.58. The fourth-order valence-corrected chi connectivity index (χ4v) is 2.95. The first-order chi connectivity index (χ1) is 10.5. The molecule has 8 heteroatoms. The molecule has 22 heavy (non-hydrogen) atoms. The standard InChI is InChI=1S/C14H17Cl2N3O3/c15-9-5-10(16)7-11(6-9)18-13(21)8-12-14(22)19(3-4-20)2-1-17-12/h5-7,12,17,20H,1-4,8H2,(H,18,21)/p+1/t12-/m1/s1. The molecule has 0 radical (unpaired) electrons. The van der Waals surface area contributed by atoms with Gasteiger partial charge >= 0.3 is 0 Å². The first-order valence-corrected chi connectivity index (χ1v) is 7.74. The number of rotatable bonds is 5. The number of hydrogen-bond donors (Lipinski definition) is 3. The predicted octanol–water partition coefficient (Wildman–Crippen LogP) is 0.0885. The Morgan fingerprint density at radius 1 is 1.36 bits per heavy atom. The molecule has 0 saturated carbocycles. The van der Waals surface area contributed by atoms with Crippen LogP contribution in [-0.2, 0) is 9.59 Å². The van der Waals surface area contributed by atoms with Gasteiger partial charge in [-0.25, -0.2) is 0 Å². The summed E-state index contributed by atoms with van der Waals surface area (Å²) in [5.41, 5.74) is 0.498. The number of nitrogens with two attached hydrogens (primary N) is 1. The molecule has 2 rings (SSSR count). The molecule has 1 aliphatic heterocycles. The number of β-amino-alcohol motifs (C(OH)–C–C–N with tert-alkyl or cyclic N) is 1. The Morgan fingerprint density at radius 3 is 2.68 bits per heavy atom. The van der Waals surface area contributed by atoms with Gasteiger partial charge in [-0.3, -0.25) is 9.59 Å². The largest absolute Gasteiger partial charge is 0.395 e. The molecular formula is C14H18Cl2N3O3+. The summed E-state index contributed by atoms with van der Waals surface area (Å²) >= 11 is 11.8. The van der Waals surface area contributed by atoms with Crippen molar-refractivity contribution in [1.82, 2.24) is 4.90 Å². The van der Waals surface area contributed by atoms with E-state index in [0.29, 0.717) is 35.4 Å². The van der Waals surface area contributed by atoms with Gasteiger partial charge < -0.3 is 20.6 Å². The van der Waals surface area contributed by atoms with E-state index >= 15 is 0 Å². The normalized spacial score (nSPS) is 18.4. The number of amides is 2. The second kappa shape index (κ2) is 7.78. The lowest BCUT2D eigenvalue weighted by Crippen LogP contribution is -2.96. The van der Waals surface area contributed by atoms with E-state index in [2.05, 4.69) is 5.32 Å².